The summed E-state index contributed by atoms with van der Waals surface area (Å²) in [5, 5.41) is 0. The number of benzene rings is 1. The van der Waals surface area contributed by atoms with E-state index in [1.807, 2.05) is 0 Å². The maximum absolute atomic E-state index is 11.5. The zero-order valence-corrected chi connectivity index (χ0v) is 10.6. The molecule has 94 valence electrons. The van der Waals surface area contributed by atoms with Crippen LogP contribution in [0.1, 0.15) is 0 Å². The molecule has 4 N–H and O–H groups in total. The SMILES string of the molecule is CS(=O)(=O)c1cccc(-c2ccc(N)nc2N)c1. The van der Waals surface area contributed by atoms with Gasteiger partial charge in [0.15, 0.2) is 9.84 Å². The maximum atomic E-state index is 11.5. The van der Waals surface area contributed by atoms with Gasteiger partial charge in [-0.25, -0.2) is 13.4 Å². The number of anilines is 2. The fourth-order valence-corrected chi connectivity index (χ4v) is 2.30. The first kappa shape index (κ1) is 12.4. The summed E-state index contributed by atoms with van der Waals surface area (Å²) >= 11 is 0. The van der Waals surface area contributed by atoms with Crippen molar-refractivity contribution in [3.63, 3.8) is 0 Å². The number of pyridine rings is 1. The van der Waals surface area contributed by atoms with Gasteiger partial charge in [0, 0.05) is 11.8 Å². The van der Waals surface area contributed by atoms with Crippen LogP contribution in [0.5, 0.6) is 0 Å². The Bertz CT molecular complexity index is 696. The summed E-state index contributed by atoms with van der Waals surface area (Å²) in [5.74, 6) is 0.608. The molecule has 1 heterocycles. The molecule has 0 radical (unpaired) electrons. The smallest absolute Gasteiger partial charge is 0.175 e. The van der Waals surface area contributed by atoms with E-state index in [1.54, 1.807) is 36.4 Å². The van der Waals surface area contributed by atoms with E-state index >= 15 is 0 Å². The van der Waals surface area contributed by atoms with E-state index < -0.39 is 9.84 Å². The zero-order valence-electron chi connectivity index (χ0n) is 9.79. The van der Waals surface area contributed by atoms with Crippen molar-refractivity contribution in [1.29, 1.82) is 0 Å². The Morgan fingerprint density at radius 2 is 1.83 bits per heavy atom. The van der Waals surface area contributed by atoms with Crippen molar-refractivity contribution in [2.75, 3.05) is 17.7 Å². The highest BCUT2D eigenvalue weighted by Gasteiger charge is 2.10. The van der Waals surface area contributed by atoms with Gasteiger partial charge >= 0.3 is 0 Å². The van der Waals surface area contributed by atoms with Crippen LogP contribution in [-0.4, -0.2) is 19.7 Å². The van der Waals surface area contributed by atoms with Gasteiger partial charge in [-0.15, -0.1) is 0 Å². The third kappa shape index (κ3) is 2.43. The van der Waals surface area contributed by atoms with Crippen LogP contribution in [-0.2, 0) is 9.84 Å². The normalized spacial score (nSPS) is 11.4. The van der Waals surface area contributed by atoms with Crippen LogP contribution < -0.4 is 11.5 Å². The van der Waals surface area contributed by atoms with E-state index in [1.165, 1.54) is 0 Å². The molecule has 2 rings (SSSR count). The van der Waals surface area contributed by atoms with E-state index in [2.05, 4.69) is 4.98 Å². The third-order valence-corrected chi connectivity index (χ3v) is 3.63. The summed E-state index contributed by atoms with van der Waals surface area (Å²) < 4.78 is 23.0. The second-order valence-corrected chi connectivity index (χ2v) is 5.98. The average Bonchev–Trinajstić information content (AvgIpc) is 2.28. The lowest BCUT2D eigenvalue weighted by molar-refractivity contribution is 0.602. The zero-order chi connectivity index (χ0) is 13.3. The average molecular weight is 263 g/mol. The molecular weight excluding hydrogens is 250 g/mol. The predicted molar refractivity (Wildman–Crippen MR) is 71.6 cm³/mol. The number of rotatable bonds is 2. The van der Waals surface area contributed by atoms with Crippen molar-refractivity contribution in [2.24, 2.45) is 0 Å². The van der Waals surface area contributed by atoms with Crippen molar-refractivity contribution in [3.8, 4) is 11.1 Å². The number of hydrogen-bond acceptors (Lipinski definition) is 5. The van der Waals surface area contributed by atoms with Crippen LogP contribution in [0.25, 0.3) is 11.1 Å². The standard InChI is InChI=1S/C12H13N3O2S/c1-18(16,17)9-4-2-3-8(7-9)10-5-6-11(13)15-12(10)14/h2-7H,1H3,(H4,13,14,15). The van der Waals surface area contributed by atoms with Crippen molar-refractivity contribution in [3.05, 3.63) is 36.4 Å². The van der Waals surface area contributed by atoms with Gasteiger partial charge in [-0.3, -0.25) is 0 Å². The summed E-state index contributed by atoms with van der Waals surface area (Å²) in [6.07, 6.45) is 1.16. The summed E-state index contributed by atoms with van der Waals surface area (Å²) in [5.41, 5.74) is 12.6. The number of nitrogens with two attached hydrogens (primary N) is 2. The molecule has 0 amide bonds. The monoisotopic (exact) mass is 263 g/mol. The number of nitrogens with zero attached hydrogens (tertiary/aromatic N) is 1. The molecule has 1 aromatic carbocycles. The largest absolute Gasteiger partial charge is 0.384 e. The molecule has 0 aliphatic carbocycles. The number of aromatic nitrogens is 1. The Morgan fingerprint density at radius 3 is 2.44 bits per heavy atom. The summed E-state index contributed by atoms with van der Waals surface area (Å²) in [4.78, 5) is 4.19. The van der Waals surface area contributed by atoms with Crippen molar-refractivity contribution >= 4 is 21.5 Å². The first-order valence-corrected chi connectivity index (χ1v) is 7.09. The Morgan fingerprint density at radius 1 is 1.11 bits per heavy atom. The minimum atomic E-state index is -3.24. The van der Waals surface area contributed by atoms with E-state index in [0.717, 1.165) is 6.26 Å². The molecule has 5 nitrogen and oxygen atoms in total. The van der Waals surface area contributed by atoms with Crippen LogP contribution in [0.2, 0.25) is 0 Å². The highest BCUT2D eigenvalue weighted by Crippen LogP contribution is 2.27. The van der Waals surface area contributed by atoms with Gasteiger partial charge in [0.25, 0.3) is 0 Å². The Labute approximate surface area is 105 Å². The van der Waals surface area contributed by atoms with Gasteiger partial charge in [-0.2, -0.15) is 0 Å². The van der Waals surface area contributed by atoms with Crippen molar-refractivity contribution < 1.29 is 8.42 Å². The molecule has 0 unspecified atom stereocenters. The predicted octanol–water partition coefficient (Wildman–Crippen LogP) is 1.32. The van der Waals surface area contributed by atoms with Gasteiger partial charge in [0.1, 0.15) is 11.6 Å². The van der Waals surface area contributed by atoms with E-state index in [9.17, 15) is 8.42 Å². The second-order valence-electron chi connectivity index (χ2n) is 3.97. The highest BCUT2D eigenvalue weighted by atomic mass is 32.2. The molecule has 1 aromatic heterocycles. The molecular formula is C12H13N3O2S. The molecule has 0 saturated heterocycles. The number of sulfone groups is 1. The lowest BCUT2D eigenvalue weighted by Crippen LogP contribution is -2.00. The first-order valence-electron chi connectivity index (χ1n) is 5.20. The Balaban J connectivity index is 2.58. The van der Waals surface area contributed by atoms with Crippen LogP contribution in [0.4, 0.5) is 11.6 Å². The fourth-order valence-electron chi connectivity index (χ4n) is 1.63. The molecule has 6 heteroatoms. The van der Waals surface area contributed by atoms with Crippen molar-refractivity contribution in [1.82, 2.24) is 4.98 Å². The topological polar surface area (TPSA) is 99.1 Å². The molecule has 18 heavy (non-hydrogen) atoms. The summed E-state index contributed by atoms with van der Waals surface area (Å²) in [7, 11) is -3.24. The summed E-state index contributed by atoms with van der Waals surface area (Å²) in [6.45, 7) is 0. The van der Waals surface area contributed by atoms with Gasteiger partial charge < -0.3 is 11.5 Å². The molecule has 0 aliphatic heterocycles. The van der Waals surface area contributed by atoms with E-state index in [0.29, 0.717) is 16.9 Å². The Hall–Kier alpha value is -2.08. The molecule has 0 atom stereocenters. The lowest BCUT2D eigenvalue weighted by atomic mass is 10.1. The molecule has 2 aromatic rings. The van der Waals surface area contributed by atoms with Gasteiger partial charge in [-0.1, -0.05) is 12.1 Å². The fraction of sp³-hybridized carbons (Fsp3) is 0.0833. The maximum Gasteiger partial charge on any atom is 0.175 e. The molecule has 0 aliphatic rings. The molecule has 0 spiro atoms. The molecule has 0 bridgehead atoms. The van der Waals surface area contributed by atoms with Crippen LogP contribution in [0, 0.1) is 0 Å². The summed E-state index contributed by atoms with van der Waals surface area (Å²) in [6, 6.07) is 9.90. The van der Waals surface area contributed by atoms with Crippen molar-refractivity contribution in [2.45, 2.75) is 4.90 Å². The molecule has 0 fully saturated rings. The lowest BCUT2D eigenvalue weighted by Gasteiger charge is -2.07. The quantitative estimate of drug-likeness (QED) is 0.851. The number of hydrogen-bond donors (Lipinski definition) is 2. The van der Waals surface area contributed by atoms with Gasteiger partial charge in [-0.05, 0) is 29.8 Å². The van der Waals surface area contributed by atoms with E-state index in [4.69, 9.17) is 11.5 Å². The minimum absolute atomic E-state index is 0.247. The molecule has 0 saturated carbocycles. The third-order valence-electron chi connectivity index (χ3n) is 2.52. The van der Waals surface area contributed by atoms with Gasteiger partial charge in [0.05, 0.1) is 4.90 Å². The second kappa shape index (κ2) is 4.30. The minimum Gasteiger partial charge on any atom is -0.384 e. The first-order chi connectivity index (χ1) is 8.38. The van der Waals surface area contributed by atoms with Crippen LogP contribution in [0.15, 0.2) is 41.3 Å². The number of nitrogen functional groups attached to an aromatic ring is 2. The highest BCUT2D eigenvalue weighted by molar-refractivity contribution is 7.90. The Kier molecular flexibility index (Phi) is 2.96. The van der Waals surface area contributed by atoms with Gasteiger partial charge in [0.2, 0.25) is 0 Å². The van der Waals surface area contributed by atoms with Crippen LogP contribution in [0.3, 0.4) is 0 Å². The van der Waals surface area contributed by atoms with Crippen LogP contribution >= 0.6 is 0 Å². The van der Waals surface area contributed by atoms with E-state index in [-0.39, 0.29) is 10.7 Å².